The third kappa shape index (κ3) is 1.80. The molecule has 118 valence electrons. The van der Waals surface area contributed by atoms with Crippen molar-refractivity contribution in [3.63, 3.8) is 0 Å². The Morgan fingerprint density at radius 3 is 2.33 bits per heavy atom. The summed E-state index contributed by atoms with van der Waals surface area (Å²) < 4.78 is 11.3. The molecule has 0 unspecified atom stereocenters. The summed E-state index contributed by atoms with van der Waals surface area (Å²) in [5, 5.41) is 9.58. The van der Waals surface area contributed by atoms with Crippen LogP contribution in [0.4, 0.5) is 4.79 Å². The molecule has 7 nitrogen and oxygen atoms in total. The number of likely N-dealkylation sites (tertiary alicyclic amines) is 1. The average molecular weight is 298 g/mol. The van der Waals surface area contributed by atoms with Gasteiger partial charge in [0.1, 0.15) is 16.6 Å². The van der Waals surface area contributed by atoms with Crippen LogP contribution in [-0.2, 0) is 14.3 Å². The predicted molar refractivity (Wildman–Crippen MR) is 72.7 cm³/mol. The number of ether oxygens (including phenoxy) is 2. The summed E-state index contributed by atoms with van der Waals surface area (Å²) in [6, 6.07) is 0. The number of carboxylic acids is 1. The molecule has 1 saturated carbocycles. The first-order valence-corrected chi connectivity index (χ1v) is 7.19. The van der Waals surface area contributed by atoms with E-state index >= 15 is 0 Å². The number of hydrogen-bond donors (Lipinski definition) is 2. The molecule has 0 atom stereocenters. The Bertz CT molecular complexity index is 498. The maximum Gasteiger partial charge on any atom is 0.410 e. The molecule has 2 bridgehead atoms. The Labute approximate surface area is 123 Å². The number of carboxylic acid groups (broad SMARTS) is 1. The quantitative estimate of drug-likeness (QED) is 0.772. The molecule has 0 aromatic carbocycles. The lowest BCUT2D eigenvalue weighted by atomic mass is 9.54. The number of hydrogen-bond acceptors (Lipinski definition) is 5. The molecule has 4 aliphatic rings. The maximum absolute atomic E-state index is 12.0. The summed E-state index contributed by atoms with van der Waals surface area (Å²) in [7, 11) is 0. The number of carbonyl (C=O) groups is 2. The van der Waals surface area contributed by atoms with Crippen LogP contribution in [0.5, 0.6) is 0 Å². The lowest BCUT2D eigenvalue weighted by molar-refractivity contribution is -0.172. The van der Waals surface area contributed by atoms with E-state index in [0.29, 0.717) is 19.4 Å². The molecule has 7 heteroatoms. The fourth-order valence-electron chi connectivity index (χ4n) is 3.88. The Morgan fingerprint density at radius 2 is 1.90 bits per heavy atom. The van der Waals surface area contributed by atoms with E-state index in [4.69, 9.17) is 15.2 Å². The van der Waals surface area contributed by atoms with Crippen LogP contribution < -0.4 is 5.73 Å². The van der Waals surface area contributed by atoms with Crippen LogP contribution in [-0.4, -0.2) is 58.5 Å². The molecule has 4 rings (SSSR count). The number of nitrogens with zero attached hydrogens (tertiary/aromatic N) is 1. The van der Waals surface area contributed by atoms with Gasteiger partial charge in [-0.2, -0.15) is 0 Å². The molecule has 1 amide bonds. The Morgan fingerprint density at radius 1 is 1.33 bits per heavy atom. The number of aliphatic carboxylic acids is 1. The molecule has 1 spiro atoms. The van der Waals surface area contributed by atoms with Crippen molar-refractivity contribution in [1.82, 2.24) is 4.90 Å². The molecule has 1 aliphatic carbocycles. The number of rotatable bonds is 2. The topological polar surface area (TPSA) is 102 Å². The van der Waals surface area contributed by atoms with Crippen LogP contribution in [0.15, 0.2) is 0 Å². The van der Waals surface area contributed by atoms with Gasteiger partial charge in [0, 0.05) is 6.54 Å². The van der Waals surface area contributed by atoms with Gasteiger partial charge in [0.05, 0.1) is 18.7 Å². The normalized spacial score (nSPS) is 36.1. The van der Waals surface area contributed by atoms with Gasteiger partial charge in [0.25, 0.3) is 0 Å². The number of nitrogens with two attached hydrogens (primary N) is 1. The SMILES string of the molecule is CC(C)(C)OC(=O)N1CC2(C1)OC1(CN)CC2(C(=O)O)C1. The van der Waals surface area contributed by atoms with E-state index in [0.717, 1.165) is 0 Å². The second-order valence-corrected chi connectivity index (χ2v) is 7.56. The summed E-state index contributed by atoms with van der Waals surface area (Å²) in [5.41, 5.74) is 2.94. The molecule has 21 heavy (non-hydrogen) atoms. The minimum atomic E-state index is -0.898. The van der Waals surface area contributed by atoms with Crippen molar-refractivity contribution in [2.24, 2.45) is 11.1 Å². The third-order valence-electron chi connectivity index (χ3n) is 4.86. The zero-order valence-corrected chi connectivity index (χ0v) is 12.6. The van der Waals surface area contributed by atoms with Crippen LogP contribution in [0.2, 0.25) is 0 Å². The number of carbonyl (C=O) groups excluding carboxylic acids is 1. The first-order chi connectivity index (χ1) is 9.57. The Kier molecular flexibility index (Phi) is 2.71. The lowest BCUT2D eigenvalue weighted by Crippen LogP contribution is -2.71. The van der Waals surface area contributed by atoms with E-state index in [1.807, 2.05) is 0 Å². The second kappa shape index (κ2) is 3.89. The van der Waals surface area contributed by atoms with E-state index in [2.05, 4.69) is 0 Å². The van der Waals surface area contributed by atoms with Gasteiger partial charge in [-0.1, -0.05) is 0 Å². The molecule has 3 N–H and O–H groups in total. The van der Waals surface area contributed by atoms with Crippen molar-refractivity contribution in [3.05, 3.63) is 0 Å². The molecule has 0 aromatic heterocycles. The fraction of sp³-hybridized carbons (Fsp3) is 0.857. The molecule has 3 saturated heterocycles. The van der Waals surface area contributed by atoms with Crippen LogP contribution in [0, 0.1) is 5.41 Å². The highest BCUT2D eigenvalue weighted by Gasteiger charge is 2.81. The summed E-state index contributed by atoms with van der Waals surface area (Å²) >= 11 is 0. The van der Waals surface area contributed by atoms with Crippen molar-refractivity contribution >= 4 is 12.1 Å². The number of amides is 1. The van der Waals surface area contributed by atoms with Crippen molar-refractivity contribution in [2.75, 3.05) is 19.6 Å². The van der Waals surface area contributed by atoms with Crippen molar-refractivity contribution in [1.29, 1.82) is 0 Å². The molecular formula is C14H22N2O5. The summed E-state index contributed by atoms with van der Waals surface area (Å²) in [6.07, 6.45) is 0.449. The summed E-state index contributed by atoms with van der Waals surface area (Å²) in [4.78, 5) is 25.2. The summed E-state index contributed by atoms with van der Waals surface area (Å²) in [5.74, 6) is -0.854. The Balaban J connectivity index is 1.72. The van der Waals surface area contributed by atoms with E-state index in [-0.39, 0.29) is 13.1 Å². The van der Waals surface area contributed by atoms with Crippen molar-refractivity contribution < 1.29 is 24.2 Å². The highest BCUT2D eigenvalue weighted by Crippen LogP contribution is 2.68. The van der Waals surface area contributed by atoms with Crippen molar-refractivity contribution in [2.45, 2.75) is 50.4 Å². The Hall–Kier alpha value is -1.34. The summed E-state index contributed by atoms with van der Waals surface area (Å²) in [6.45, 7) is 6.23. The van der Waals surface area contributed by atoms with E-state index in [1.165, 1.54) is 4.90 Å². The van der Waals surface area contributed by atoms with Crippen LogP contribution >= 0.6 is 0 Å². The van der Waals surface area contributed by atoms with Crippen LogP contribution in [0.25, 0.3) is 0 Å². The van der Waals surface area contributed by atoms with Crippen LogP contribution in [0.3, 0.4) is 0 Å². The highest BCUT2D eigenvalue weighted by molar-refractivity contribution is 5.81. The molecule has 4 fully saturated rings. The van der Waals surface area contributed by atoms with Gasteiger partial charge in [-0.05, 0) is 33.6 Å². The largest absolute Gasteiger partial charge is 0.481 e. The van der Waals surface area contributed by atoms with E-state index in [9.17, 15) is 14.7 Å². The average Bonchev–Trinajstić information content (AvgIpc) is 2.70. The van der Waals surface area contributed by atoms with Crippen molar-refractivity contribution in [3.8, 4) is 0 Å². The first kappa shape index (κ1) is 14.6. The van der Waals surface area contributed by atoms with E-state index in [1.54, 1.807) is 20.8 Å². The van der Waals surface area contributed by atoms with Gasteiger partial charge in [0.15, 0.2) is 0 Å². The molecule has 0 radical (unpaired) electrons. The minimum Gasteiger partial charge on any atom is -0.481 e. The zero-order valence-electron chi connectivity index (χ0n) is 12.6. The molecule has 0 aromatic rings. The van der Waals surface area contributed by atoms with Gasteiger partial charge in [-0.3, -0.25) is 4.79 Å². The van der Waals surface area contributed by atoms with Crippen LogP contribution in [0.1, 0.15) is 33.6 Å². The first-order valence-electron chi connectivity index (χ1n) is 7.19. The van der Waals surface area contributed by atoms with Gasteiger partial charge in [-0.15, -0.1) is 0 Å². The zero-order chi connectivity index (χ0) is 15.7. The predicted octanol–water partition coefficient (Wildman–Crippen LogP) is 0.568. The molecule has 3 aliphatic heterocycles. The molecular weight excluding hydrogens is 276 g/mol. The van der Waals surface area contributed by atoms with E-state index < -0.39 is 34.3 Å². The second-order valence-electron chi connectivity index (χ2n) is 7.56. The van der Waals surface area contributed by atoms with Gasteiger partial charge < -0.3 is 25.2 Å². The van der Waals surface area contributed by atoms with Gasteiger partial charge in [0.2, 0.25) is 0 Å². The van der Waals surface area contributed by atoms with Gasteiger partial charge >= 0.3 is 12.1 Å². The minimum absolute atomic E-state index is 0.260. The monoisotopic (exact) mass is 298 g/mol. The highest BCUT2D eigenvalue weighted by atomic mass is 16.6. The fourth-order valence-corrected chi connectivity index (χ4v) is 3.88. The third-order valence-corrected chi connectivity index (χ3v) is 4.86. The molecule has 3 heterocycles. The maximum atomic E-state index is 12.0. The smallest absolute Gasteiger partial charge is 0.410 e. The lowest BCUT2D eigenvalue weighted by Gasteiger charge is -2.52. The standard InChI is InChI=1S/C14H22N2O5/c1-11(2,3)20-10(19)16-7-14(8-16)13(9(17)18)4-12(5-13,6-15)21-14/h4-8,15H2,1-3H3,(H,17,18). The van der Waals surface area contributed by atoms with Gasteiger partial charge in [-0.25, -0.2) is 4.79 Å².